The summed E-state index contributed by atoms with van der Waals surface area (Å²) in [7, 11) is 0. The standard InChI is InChI=1S/C19H25N5O/c1-15-4-5-16(12-20-15)19(25)23-14-18-6-8-21-24(18)11-7-17(23)13-22-9-2-3-10-22/h4-6,8,12,17H,2-3,7,9-11,13-14H2,1H3. The van der Waals surface area contributed by atoms with Crippen molar-refractivity contribution in [3.8, 4) is 0 Å². The van der Waals surface area contributed by atoms with E-state index < -0.39 is 0 Å². The van der Waals surface area contributed by atoms with E-state index in [1.807, 2.05) is 40.9 Å². The quantitative estimate of drug-likeness (QED) is 0.859. The van der Waals surface area contributed by atoms with Crippen LogP contribution in [0, 0.1) is 6.92 Å². The molecule has 1 saturated heterocycles. The summed E-state index contributed by atoms with van der Waals surface area (Å²) in [4.78, 5) is 22.0. The van der Waals surface area contributed by atoms with Crippen LogP contribution in [-0.2, 0) is 13.1 Å². The molecule has 6 heteroatoms. The Hall–Kier alpha value is -2.21. The molecule has 0 aromatic carbocycles. The highest BCUT2D eigenvalue weighted by Crippen LogP contribution is 2.22. The van der Waals surface area contributed by atoms with E-state index in [-0.39, 0.29) is 11.9 Å². The number of amides is 1. The smallest absolute Gasteiger partial charge is 0.256 e. The van der Waals surface area contributed by atoms with Crippen LogP contribution in [0.15, 0.2) is 30.6 Å². The van der Waals surface area contributed by atoms with Gasteiger partial charge in [-0.15, -0.1) is 0 Å². The van der Waals surface area contributed by atoms with E-state index >= 15 is 0 Å². The molecule has 0 radical (unpaired) electrons. The van der Waals surface area contributed by atoms with Crippen molar-refractivity contribution < 1.29 is 4.79 Å². The van der Waals surface area contributed by atoms with Gasteiger partial charge in [-0.3, -0.25) is 14.5 Å². The highest BCUT2D eigenvalue weighted by Gasteiger charge is 2.30. The Morgan fingerprint density at radius 2 is 2.04 bits per heavy atom. The predicted molar refractivity (Wildman–Crippen MR) is 95.2 cm³/mol. The zero-order chi connectivity index (χ0) is 17.2. The Labute approximate surface area is 148 Å². The summed E-state index contributed by atoms with van der Waals surface area (Å²) in [5.41, 5.74) is 2.71. The number of likely N-dealkylation sites (tertiary alicyclic amines) is 1. The molecule has 0 spiro atoms. The van der Waals surface area contributed by atoms with Crippen LogP contribution in [-0.4, -0.2) is 56.1 Å². The van der Waals surface area contributed by atoms with E-state index in [4.69, 9.17) is 0 Å². The van der Waals surface area contributed by atoms with Crippen LogP contribution >= 0.6 is 0 Å². The summed E-state index contributed by atoms with van der Waals surface area (Å²) in [5, 5.41) is 4.41. The predicted octanol–water partition coefficient (Wildman–Crippen LogP) is 2.10. The molecular weight excluding hydrogens is 314 g/mol. The van der Waals surface area contributed by atoms with E-state index in [9.17, 15) is 4.79 Å². The molecule has 1 unspecified atom stereocenters. The summed E-state index contributed by atoms with van der Waals surface area (Å²) in [5.74, 6) is 0.0753. The van der Waals surface area contributed by atoms with E-state index in [1.54, 1.807) is 6.20 Å². The molecule has 2 aromatic heterocycles. The monoisotopic (exact) mass is 339 g/mol. The van der Waals surface area contributed by atoms with Crippen molar-refractivity contribution in [2.24, 2.45) is 0 Å². The number of hydrogen-bond donors (Lipinski definition) is 0. The normalized spacial score (nSPS) is 21.2. The van der Waals surface area contributed by atoms with Crippen molar-refractivity contribution in [3.05, 3.63) is 47.5 Å². The number of aromatic nitrogens is 3. The number of fused-ring (bicyclic) bond motifs is 1. The summed E-state index contributed by atoms with van der Waals surface area (Å²) in [6, 6.07) is 6.03. The molecule has 4 rings (SSSR count). The lowest BCUT2D eigenvalue weighted by molar-refractivity contribution is 0.0615. The number of aryl methyl sites for hydroxylation is 2. The molecule has 1 amide bonds. The third kappa shape index (κ3) is 3.44. The van der Waals surface area contributed by atoms with Gasteiger partial charge in [0.1, 0.15) is 0 Å². The minimum Gasteiger partial charge on any atom is -0.328 e. The number of pyridine rings is 1. The Kier molecular flexibility index (Phi) is 4.53. The summed E-state index contributed by atoms with van der Waals surface area (Å²) >= 11 is 0. The molecule has 0 aliphatic carbocycles. The van der Waals surface area contributed by atoms with Crippen LogP contribution in [0.4, 0.5) is 0 Å². The molecule has 2 aromatic rings. The average Bonchev–Trinajstić information content (AvgIpc) is 3.25. The van der Waals surface area contributed by atoms with Gasteiger partial charge in [-0.2, -0.15) is 5.10 Å². The second-order valence-corrected chi connectivity index (χ2v) is 7.12. The zero-order valence-corrected chi connectivity index (χ0v) is 14.8. The summed E-state index contributed by atoms with van der Waals surface area (Å²) < 4.78 is 2.04. The fourth-order valence-electron chi connectivity index (χ4n) is 3.88. The Bertz CT molecular complexity index is 733. The van der Waals surface area contributed by atoms with Crippen molar-refractivity contribution in [3.63, 3.8) is 0 Å². The molecule has 0 N–H and O–H groups in total. The number of carbonyl (C=O) groups is 1. The SMILES string of the molecule is Cc1ccc(C(=O)N2Cc3ccnn3CCC2CN2CCCC2)cn1. The lowest BCUT2D eigenvalue weighted by Gasteiger charge is -2.32. The van der Waals surface area contributed by atoms with Gasteiger partial charge in [-0.05, 0) is 57.5 Å². The third-order valence-corrected chi connectivity index (χ3v) is 5.34. The van der Waals surface area contributed by atoms with E-state index in [1.165, 1.54) is 12.8 Å². The van der Waals surface area contributed by atoms with Gasteiger partial charge < -0.3 is 9.80 Å². The van der Waals surface area contributed by atoms with Gasteiger partial charge in [-0.1, -0.05) is 0 Å². The second-order valence-electron chi connectivity index (χ2n) is 7.12. The molecule has 6 nitrogen and oxygen atoms in total. The minimum absolute atomic E-state index is 0.0753. The molecule has 1 atom stereocenters. The maximum Gasteiger partial charge on any atom is 0.256 e. The van der Waals surface area contributed by atoms with Gasteiger partial charge in [-0.25, -0.2) is 0 Å². The molecule has 1 fully saturated rings. The number of hydrogen-bond acceptors (Lipinski definition) is 4. The lowest BCUT2D eigenvalue weighted by atomic mass is 10.1. The molecule has 2 aliphatic rings. The van der Waals surface area contributed by atoms with E-state index in [2.05, 4.69) is 15.0 Å². The largest absolute Gasteiger partial charge is 0.328 e. The fourth-order valence-corrected chi connectivity index (χ4v) is 3.88. The Morgan fingerprint density at radius 1 is 1.20 bits per heavy atom. The van der Waals surface area contributed by atoms with E-state index in [0.29, 0.717) is 12.1 Å². The molecular formula is C19H25N5O. The van der Waals surface area contributed by atoms with Crippen LogP contribution < -0.4 is 0 Å². The van der Waals surface area contributed by atoms with E-state index in [0.717, 1.165) is 44.0 Å². The first kappa shape index (κ1) is 16.3. The molecule has 0 saturated carbocycles. The Balaban J connectivity index is 1.60. The molecule has 25 heavy (non-hydrogen) atoms. The van der Waals surface area contributed by atoms with Gasteiger partial charge in [0.05, 0.1) is 17.8 Å². The average molecular weight is 339 g/mol. The summed E-state index contributed by atoms with van der Waals surface area (Å²) in [6.45, 7) is 6.68. The Morgan fingerprint density at radius 3 is 2.80 bits per heavy atom. The van der Waals surface area contributed by atoms with Gasteiger partial charge in [0, 0.05) is 37.2 Å². The van der Waals surface area contributed by atoms with Crippen molar-refractivity contribution >= 4 is 5.91 Å². The van der Waals surface area contributed by atoms with Gasteiger partial charge in [0.25, 0.3) is 5.91 Å². The van der Waals surface area contributed by atoms with Crippen molar-refractivity contribution in [1.29, 1.82) is 0 Å². The third-order valence-electron chi connectivity index (χ3n) is 5.34. The topological polar surface area (TPSA) is 54.3 Å². The molecule has 0 bridgehead atoms. The van der Waals surface area contributed by atoms with Crippen LogP contribution in [0.2, 0.25) is 0 Å². The van der Waals surface area contributed by atoms with Crippen LogP contribution in [0.1, 0.15) is 41.0 Å². The lowest BCUT2D eigenvalue weighted by Crippen LogP contribution is -2.45. The van der Waals surface area contributed by atoms with Crippen molar-refractivity contribution in [2.45, 2.75) is 45.3 Å². The second kappa shape index (κ2) is 6.96. The van der Waals surface area contributed by atoms with Crippen LogP contribution in [0.3, 0.4) is 0 Å². The van der Waals surface area contributed by atoms with Crippen molar-refractivity contribution in [1.82, 2.24) is 24.6 Å². The van der Waals surface area contributed by atoms with Gasteiger partial charge in [0.15, 0.2) is 0 Å². The fraction of sp³-hybridized carbons (Fsp3) is 0.526. The number of carbonyl (C=O) groups excluding carboxylic acids is 1. The first-order valence-corrected chi connectivity index (χ1v) is 9.17. The highest BCUT2D eigenvalue weighted by molar-refractivity contribution is 5.94. The molecule has 4 heterocycles. The first-order valence-electron chi connectivity index (χ1n) is 9.17. The van der Waals surface area contributed by atoms with Crippen LogP contribution in [0.5, 0.6) is 0 Å². The van der Waals surface area contributed by atoms with Crippen molar-refractivity contribution in [2.75, 3.05) is 19.6 Å². The highest BCUT2D eigenvalue weighted by atomic mass is 16.2. The maximum absolute atomic E-state index is 13.2. The number of nitrogens with zero attached hydrogens (tertiary/aromatic N) is 5. The van der Waals surface area contributed by atoms with Gasteiger partial charge in [0.2, 0.25) is 0 Å². The van der Waals surface area contributed by atoms with Gasteiger partial charge >= 0.3 is 0 Å². The molecule has 132 valence electrons. The zero-order valence-electron chi connectivity index (χ0n) is 14.8. The minimum atomic E-state index is 0.0753. The first-order chi connectivity index (χ1) is 12.2. The van der Waals surface area contributed by atoms with Crippen LogP contribution in [0.25, 0.3) is 0 Å². The molecule has 2 aliphatic heterocycles. The number of rotatable bonds is 3. The summed E-state index contributed by atoms with van der Waals surface area (Å²) in [6.07, 6.45) is 7.00. The maximum atomic E-state index is 13.2.